The van der Waals surface area contributed by atoms with Gasteiger partial charge in [0, 0.05) is 11.9 Å². The van der Waals surface area contributed by atoms with Crippen LogP contribution in [0.5, 0.6) is 0 Å². The molecule has 0 bridgehead atoms. The van der Waals surface area contributed by atoms with E-state index in [0.717, 1.165) is 14.6 Å². The predicted octanol–water partition coefficient (Wildman–Crippen LogP) is 4.49. The number of thiazole rings is 1. The maximum absolute atomic E-state index is 5.96. The van der Waals surface area contributed by atoms with Gasteiger partial charge in [-0.3, -0.25) is 0 Å². The van der Waals surface area contributed by atoms with Gasteiger partial charge in [0.05, 0.1) is 15.5 Å². The van der Waals surface area contributed by atoms with Crippen molar-refractivity contribution in [3.05, 3.63) is 35.0 Å². The van der Waals surface area contributed by atoms with Gasteiger partial charge in [-0.2, -0.15) is 0 Å². The van der Waals surface area contributed by atoms with Crippen LogP contribution in [0.2, 0.25) is 5.02 Å². The van der Waals surface area contributed by atoms with Crippen LogP contribution in [-0.4, -0.2) is 15.2 Å². The van der Waals surface area contributed by atoms with E-state index in [2.05, 4.69) is 15.2 Å². The van der Waals surface area contributed by atoms with Gasteiger partial charge >= 0.3 is 0 Å². The molecule has 2 aromatic heterocycles. The Morgan fingerprint density at radius 1 is 1.37 bits per heavy atom. The first-order chi connectivity index (χ1) is 9.11. The second kappa shape index (κ2) is 5.11. The third kappa shape index (κ3) is 2.75. The molecule has 1 atom stereocenters. The fraction of sp³-hybridized carbons (Fsp3) is 0.250. The van der Waals surface area contributed by atoms with Crippen molar-refractivity contribution in [2.24, 2.45) is 0 Å². The molecule has 0 amide bonds. The topological polar surface area (TPSA) is 51.8 Å². The maximum Gasteiger partial charge on any atom is 0.229 e. The molecule has 0 aliphatic heterocycles. The molecule has 19 heavy (non-hydrogen) atoms. The molecular formula is C12H10ClN3OS2. The Morgan fingerprint density at radius 3 is 2.95 bits per heavy atom. The molecule has 1 aromatic carbocycles. The van der Waals surface area contributed by atoms with Crippen LogP contribution in [-0.2, 0) is 0 Å². The molecule has 98 valence electrons. The molecule has 1 unspecified atom stereocenters. The molecule has 4 nitrogen and oxygen atoms in total. The van der Waals surface area contributed by atoms with Crippen molar-refractivity contribution in [3.63, 3.8) is 0 Å². The van der Waals surface area contributed by atoms with Crippen molar-refractivity contribution in [2.45, 2.75) is 23.4 Å². The van der Waals surface area contributed by atoms with Gasteiger partial charge in [0.2, 0.25) is 11.8 Å². The van der Waals surface area contributed by atoms with E-state index < -0.39 is 0 Å². The molecule has 0 aliphatic carbocycles. The second-order valence-electron chi connectivity index (χ2n) is 4.01. The number of hydrogen-bond acceptors (Lipinski definition) is 6. The van der Waals surface area contributed by atoms with Gasteiger partial charge in [0.25, 0.3) is 0 Å². The van der Waals surface area contributed by atoms with E-state index in [0.29, 0.717) is 16.8 Å². The number of benzene rings is 1. The Labute approximate surface area is 123 Å². The molecule has 0 fully saturated rings. The van der Waals surface area contributed by atoms with Gasteiger partial charge < -0.3 is 4.42 Å². The number of fused-ring (bicyclic) bond motifs is 1. The van der Waals surface area contributed by atoms with Crippen LogP contribution in [0.3, 0.4) is 0 Å². The SMILES string of the molecule is Cc1nnc(C(C)Sc2nc3cc(Cl)ccc3s2)o1. The van der Waals surface area contributed by atoms with Gasteiger partial charge in [-0.15, -0.1) is 21.5 Å². The number of halogens is 1. The van der Waals surface area contributed by atoms with Crippen LogP contribution < -0.4 is 0 Å². The first-order valence-corrected chi connectivity index (χ1v) is 7.72. The molecule has 0 saturated heterocycles. The minimum absolute atomic E-state index is 0.0808. The van der Waals surface area contributed by atoms with Crippen LogP contribution in [0.4, 0.5) is 0 Å². The Kier molecular flexibility index (Phi) is 3.47. The van der Waals surface area contributed by atoms with Gasteiger partial charge in [-0.1, -0.05) is 23.4 Å². The number of aromatic nitrogens is 3. The third-order valence-corrected chi connectivity index (χ3v) is 4.95. The number of rotatable bonds is 3. The predicted molar refractivity (Wildman–Crippen MR) is 77.9 cm³/mol. The van der Waals surface area contributed by atoms with Crippen molar-refractivity contribution in [2.75, 3.05) is 0 Å². The highest BCUT2D eigenvalue weighted by molar-refractivity contribution is 8.01. The first-order valence-electron chi connectivity index (χ1n) is 5.64. The molecule has 0 N–H and O–H groups in total. The van der Waals surface area contributed by atoms with Crippen LogP contribution in [0.1, 0.15) is 24.0 Å². The summed E-state index contributed by atoms with van der Waals surface area (Å²) in [5.74, 6) is 1.21. The third-order valence-electron chi connectivity index (χ3n) is 2.50. The van der Waals surface area contributed by atoms with Crippen molar-refractivity contribution in [1.29, 1.82) is 0 Å². The zero-order chi connectivity index (χ0) is 13.4. The summed E-state index contributed by atoms with van der Waals surface area (Å²) in [6, 6.07) is 5.74. The van der Waals surface area contributed by atoms with Crippen LogP contribution >= 0.6 is 34.7 Å². The van der Waals surface area contributed by atoms with E-state index in [4.69, 9.17) is 16.0 Å². The summed E-state index contributed by atoms with van der Waals surface area (Å²) >= 11 is 9.21. The van der Waals surface area contributed by atoms with Gasteiger partial charge in [0.15, 0.2) is 4.34 Å². The van der Waals surface area contributed by atoms with Crippen molar-refractivity contribution in [1.82, 2.24) is 15.2 Å². The molecule has 3 aromatic rings. The minimum atomic E-state index is 0.0808. The fourth-order valence-corrected chi connectivity index (χ4v) is 4.00. The summed E-state index contributed by atoms with van der Waals surface area (Å²) in [7, 11) is 0. The number of nitrogens with zero attached hydrogens (tertiary/aromatic N) is 3. The summed E-state index contributed by atoms with van der Waals surface area (Å²) < 4.78 is 7.52. The highest BCUT2D eigenvalue weighted by Crippen LogP contribution is 2.38. The lowest BCUT2D eigenvalue weighted by Crippen LogP contribution is -1.88. The molecular weight excluding hydrogens is 302 g/mol. The lowest BCUT2D eigenvalue weighted by molar-refractivity contribution is 0.470. The van der Waals surface area contributed by atoms with E-state index in [1.807, 2.05) is 25.1 Å². The summed E-state index contributed by atoms with van der Waals surface area (Å²) in [6.07, 6.45) is 0. The lowest BCUT2D eigenvalue weighted by Gasteiger charge is -2.02. The molecule has 0 saturated carbocycles. The summed E-state index contributed by atoms with van der Waals surface area (Å²) in [5, 5.41) is 8.65. The molecule has 2 heterocycles. The van der Waals surface area contributed by atoms with Crippen molar-refractivity contribution in [3.8, 4) is 0 Å². The Balaban J connectivity index is 1.85. The number of hydrogen-bond donors (Lipinski definition) is 0. The standard InChI is InChI=1S/C12H10ClN3OS2/c1-6(11-16-15-7(2)17-11)18-12-14-9-5-8(13)3-4-10(9)19-12/h3-6H,1-2H3. The number of thioether (sulfide) groups is 1. The fourth-order valence-electron chi connectivity index (χ4n) is 1.61. The van der Waals surface area contributed by atoms with E-state index in [1.54, 1.807) is 30.0 Å². The maximum atomic E-state index is 5.96. The Morgan fingerprint density at radius 2 is 2.21 bits per heavy atom. The minimum Gasteiger partial charge on any atom is -0.424 e. The quantitative estimate of drug-likeness (QED) is 0.667. The van der Waals surface area contributed by atoms with E-state index >= 15 is 0 Å². The first kappa shape index (κ1) is 12.9. The summed E-state index contributed by atoms with van der Waals surface area (Å²) in [5.41, 5.74) is 0.925. The number of aryl methyl sites for hydroxylation is 1. The van der Waals surface area contributed by atoms with Crippen molar-refractivity contribution >= 4 is 44.9 Å². The van der Waals surface area contributed by atoms with Crippen LogP contribution in [0.25, 0.3) is 10.2 Å². The Hall–Kier alpha value is -1.11. The van der Waals surface area contributed by atoms with E-state index in [1.165, 1.54) is 0 Å². The molecule has 0 radical (unpaired) electrons. The molecule has 0 spiro atoms. The lowest BCUT2D eigenvalue weighted by atomic mass is 10.3. The van der Waals surface area contributed by atoms with Gasteiger partial charge in [-0.25, -0.2) is 4.98 Å². The summed E-state index contributed by atoms with van der Waals surface area (Å²) in [4.78, 5) is 4.55. The largest absolute Gasteiger partial charge is 0.424 e. The van der Waals surface area contributed by atoms with Crippen LogP contribution in [0.15, 0.2) is 27.0 Å². The average Bonchev–Trinajstić information content (AvgIpc) is 2.94. The zero-order valence-corrected chi connectivity index (χ0v) is 12.6. The average molecular weight is 312 g/mol. The highest BCUT2D eigenvalue weighted by atomic mass is 35.5. The monoisotopic (exact) mass is 311 g/mol. The zero-order valence-electron chi connectivity index (χ0n) is 10.3. The van der Waals surface area contributed by atoms with Gasteiger partial charge in [0.1, 0.15) is 0 Å². The van der Waals surface area contributed by atoms with Gasteiger partial charge in [-0.05, 0) is 25.1 Å². The van der Waals surface area contributed by atoms with E-state index in [-0.39, 0.29) is 5.25 Å². The Bertz CT molecular complexity index is 725. The molecule has 7 heteroatoms. The van der Waals surface area contributed by atoms with E-state index in [9.17, 15) is 0 Å². The second-order valence-corrected chi connectivity index (χ2v) is 7.07. The van der Waals surface area contributed by atoms with Crippen molar-refractivity contribution < 1.29 is 4.42 Å². The molecule has 3 rings (SSSR count). The highest BCUT2D eigenvalue weighted by Gasteiger charge is 2.16. The smallest absolute Gasteiger partial charge is 0.229 e. The summed E-state index contributed by atoms with van der Waals surface area (Å²) in [6.45, 7) is 3.81. The van der Waals surface area contributed by atoms with Crippen LogP contribution in [0, 0.1) is 6.92 Å². The molecule has 0 aliphatic rings. The normalized spacial score (nSPS) is 13.0.